The molecule has 0 aliphatic heterocycles. The van der Waals surface area contributed by atoms with Crippen molar-refractivity contribution in [3.05, 3.63) is 64.4 Å². The van der Waals surface area contributed by atoms with E-state index >= 15 is 0 Å². The van der Waals surface area contributed by atoms with E-state index in [-0.39, 0.29) is 11.7 Å². The van der Waals surface area contributed by atoms with Crippen LogP contribution in [0.3, 0.4) is 0 Å². The summed E-state index contributed by atoms with van der Waals surface area (Å²) < 4.78 is 15.0. The molecule has 0 aliphatic rings. The maximum atomic E-state index is 13.2. The van der Waals surface area contributed by atoms with Crippen LogP contribution < -0.4 is 0 Å². The quantitative estimate of drug-likeness (QED) is 0.643. The summed E-state index contributed by atoms with van der Waals surface area (Å²) >= 11 is 3.05. The highest BCUT2D eigenvalue weighted by molar-refractivity contribution is 7.98. The maximum Gasteiger partial charge on any atom is 0.272 e. The molecular weight excluding hydrogens is 345 g/mol. The van der Waals surface area contributed by atoms with Crippen molar-refractivity contribution in [1.29, 1.82) is 0 Å². The zero-order chi connectivity index (χ0) is 17.1. The minimum absolute atomic E-state index is 0.125. The number of carbonyl (C=O) groups is 1. The van der Waals surface area contributed by atoms with Crippen LogP contribution in [0.5, 0.6) is 0 Å². The van der Waals surface area contributed by atoms with Crippen molar-refractivity contribution in [3.8, 4) is 5.69 Å². The van der Waals surface area contributed by atoms with Crippen molar-refractivity contribution < 1.29 is 9.18 Å². The van der Waals surface area contributed by atoms with Gasteiger partial charge in [-0.1, -0.05) is 17.8 Å². The molecule has 2 aromatic heterocycles. The Balaban J connectivity index is 1.94. The average molecular weight is 361 g/mol. The van der Waals surface area contributed by atoms with Crippen molar-refractivity contribution in [3.63, 3.8) is 0 Å². The Bertz CT molecular complexity index is 828. The summed E-state index contributed by atoms with van der Waals surface area (Å²) in [6.45, 7) is 0.541. The lowest BCUT2D eigenvalue weighted by atomic mass is 10.3. The highest BCUT2D eigenvalue weighted by Crippen LogP contribution is 2.23. The second-order valence-electron chi connectivity index (χ2n) is 5.18. The number of imidazole rings is 1. The highest BCUT2D eigenvalue weighted by Gasteiger charge is 2.21. The standard InChI is InChI=1S/C17H16FN3OS2/c1-20(11-14-4-3-9-24-14)16(22)15-10-19-17(23-2)21(15)13-7-5-12(18)6-8-13/h3-10H,11H2,1-2H3. The van der Waals surface area contributed by atoms with Crippen LogP contribution in [-0.2, 0) is 6.54 Å². The topological polar surface area (TPSA) is 38.1 Å². The SMILES string of the molecule is CSc1ncc(C(=O)N(C)Cc2cccs2)n1-c1ccc(F)cc1. The number of rotatable bonds is 5. The predicted molar refractivity (Wildman–Crippen MR) is 95.4 cm³/mol. The molecule has 2 heterocycles. The third-order valence-corrected chi connectivity index (χ3v) is 5.05. The second-order valence-corrected chi connectivity index (χ2v) is 6.99. The van der Waals surface area contributed by atoms with Gasteiger partial charge in [-0.25, -0.2) is 9.37 Å². The monoisotopic (exact) mass is 361 g/mol. The van der Waals surface area contributed by atoms with Gasteiger partial charge in [0.25, 0.3) is 5.91 Å². The first-order valence-corrected chi connectivity index (χ1v) is 9.36. The second kappa shape index (κ2) is 7.19. The molecular formula is C17H16FN3OS2. The van der Waals surface area contributed by atoms with Gasteiger partial charge in [0, 0.05) is 17.6 Å². The summed E-state index contributed by atoms with van der Waals surface area (Å²) in [5.41, 5.74) is 1.18. The molecule has 24 heavy (non-hydrogen) atoms. The lowest BCUT2D eigenvalue weighted by Crippen LogP contribution is -2.27. The molecule has 0 unspecified atom stereocenters. The summed E-state index contributed by atoms with van der Waals surface area (Å²) in [5.74, 6) is -0.437. The van der Waals surface area contributed by atoms with E-state index in [0.29, 0.717) is 23.1 Å². The van der Waals surface area contributed by atoms with E-state index in [1.54, 1.807) is 46.2 Å². The van der Waals surface area contributed by atoms with Gasteiger partial charge in [-0.3, -0.25) is 9.36 Å². The van der Waals surface area contributed by atoms with Crippen LogP contribution in [0.15, 0.2) is 53.1 Å². The summed E-state index contributed by atoms with van der Waals surface area (Å²) in [6.07, 6.45) is 3.47. The average Bonchev–Trinajstić information content (AvgIpc) is 3.24. The van der Waals surface area contributed by atoms with E-state index in [1.807, 2.05) is 23.8 Å². The summed E-state index contributed by atoms with van der Waals surface area (Å²) in [6, 6.07) is 10.0. The molecule has 0 radical (unpaired) electrons. The Morgan fingerprint density at radius 1 is 1.33 bits per heavy atom. The molecule has 0 fully saturated rings. The fraction of sp³-hybridized carbons (Fsp3) is 0.176. The van der Waals surface area contributed by atoms with Crippen molar-refractivity contribution in [1.82, 2.24) is 14.5 Å². The van der Waals surface area contributed by atoms with Crippen LogP contribution in [0.2, 0.25) is 0 Å². The number of hydrogen-bond donors (Lipinski definition) is 0. The van der Waals surface area contributed by atoms with Gasteiger partial charge in [-0.15, -0.1) is 11.3 Å². The van der Waals surface area contributed by atoms with E-state index in [9.17, 15) is 9.18 Å². The van der Waals surface area contributed by atoms with Crippen LogP contribution in [0.4, 0.5) is 4.39 Å². The number of hydrogen-bond acceptors (Lipinski definition) is 4. The predicted octanol–water partition coefficient (Wildman–Crippen LogP) is 4.07. The number of carbonyl (C=O) groups excluding carboxylic acids is 1. The first-order valence-electron chi connectivity index (χ1n) is 7.25. The van der Waals surface area contributed by atoms with E-state index in [4.69, 9.17) is 0 Å². The number of aromatic nitrogens is 2. The molecule has 4 nitrogen and oxygen atoms in total. The molecule has 7 heteroatoms. The zero-order valence-electron chi connectivity index (χ0n) is 13.3. The lowest BCUT2D eigenvalue weighted by molar-refractivity contribution is 0.0778. The van der Waals surface area contributed by atoms with Gasteiger partial charge in [-0.05, 0) is 42.0 Å². The molecule has 0 spiro atoms. The number of nitrogens with zero attached hydrogens (tertiary/aromatic N) is 3. The van der Waals surface area contributed by atoms with E-state index in [2.05, 4.69) is 4.98 Å². The van der Waals surface area contributed by atoms with Gasteiger partial charge in [-0.2, -0.15) is 0 Å². The van der Waals surface area contributed by atoms with Crippen LogP contribution in [0, 0.1) is 5.82 Å². The van der Waals surface area contributed by atoms with Crippen LogP contribution in [-0.4, -0.2) is 33.7 Å². The molecule has 0 saturated heterocycles. The van der Waals surface area contributed by atoms with Gasteiger partial charge >= 0.3 is 0 Å². The Morgan fingerprint density at radius 3 is 2.71 bits per heavy atom. The maximum absolute atomic E-state index is 13.2. The number of thioether (sulfide) groups is 1. The van der Waals surface area contributed by atoms with E-state index in [1.165, 1.54) is 23.9 Å². The number of amides is 1. The van der Waals surface area contributed by atoms with Gasteiger partial charge < -0.3 is 4.90 Å². The van der Waals surface area contributed by atoms with Crippen LogP contribution in [0.25, 0.3) is 5.69 Å². The first kappa shape index (κ1) is 16.7. The Kier molecular flexibility index (Phi) is 5.01. The van der Waals surface area contributed by atoms with Gasteiger partial charge in [0.05, 0.1) is 12.7 Å². The molecule has 0 N–H and O–H groups in total. The smallest absolute Gasteiger partial charge is 0.272 e. The summed E-state index contributed by atoms with van der Waals surface area (Å²) in [4.78, 5) is 19.9. The van der Waals surface area contributed by atoms with Crippen LogP contribution in [0.1, 0.15) is 15.4 Å². The fourth-order valence-corrected chi connectivity index (χ4v) is 3.67. The number of halogens is 1. The minimum Gasteiger partial charge on any atom is -0.335 e. The van der Waals surface area contributed by atoms with E-state index < -0.39 is 0 Å². The first-order chi connectivity index (χ1) is 11.6. The molecule has 0 aliphatic carbocycles. The third kappa shape index (κ3) is 3.37. The Hall–Kier alpha value is -2.12. The molecule has 0 atom stereocenters. The summed E-state index contributed by atoms with van der Waals surface area (Å²) in [7, 11) is 1.77. The molecule has 1 aromatic carbocycles. The third-order valence-electron chi connectivity index (χ3n) is 3.54. The molecule has 3 rings (SSSR count). The lowest BCUT2D eigenvalue weighted by Gasteiger charge is -2.18. The fourth-order valence-electron chi connectivity index (χ4n) is 2.37. The zero-order valence-corrected chi connectivity index (χ0v) is 14.9. The normalized spacial score (nSPS) is 10.8. The molecule has 0 saturated carbocycles. The summed E-state index contributed by atoms with van der Waals surface area (Å²) in [5, 5.41) is 2.68. The largest absolute Gasteiger partial charge is 0.335 e. The highest BCUT2D eigenvalue weighted by atomic mass is 32.2. The minimum atomic E-state index is -0.313. The molecule has 1 amide bonds. The van der Waals surface area contributed by atoms with Crippen molar-refractivity contribution in [2.75, 3.05) is 13.3 Å². The molecule has 124 valence electrons. The molecule has 3 aromatic rings. The van der Waals surface area contributed by atoms with Gasteiger partial charge in [0.2, 0.25) is 0 Å². The number of thiophene rings is 1. The Labute approximate surface area is 147 Å². The Morgan fingerprint density at radius 2 is 2.08 bits per heavy atom. The van der Waals surface area contributed by atoms with Gasteiger partial charge in [0.15, 0.2) is 5.16 Å². The molecule has 0 bridgehead atoms. The van der Waals surface area contributed by atoms with Crippen molar-refractivity contribution in [2.24, 2.45) is 0 Å². The van der Waals surface area contributed by atoms with Gasteiger partial charge in [0.1, 0.15) is 11.5 Å². The van der Waals surface area contributed by atoms with Crippen molar-refractivity contribution >= 4 is 29.0 Å². The van der Waals surface area contributed by atoms with Crippen molar-refractivity contribution in [2.45, 2.75) is 11.7 Å². The van der Waals surface area contributed by atoms with Crippen LogP contribution >= 0.6 is 23.1 Å². The van der Waals surface area contributed by atoms with E-state index in [0.717, 1.165) is 4.88 Å². The number of benzene rings is 1.